The van der Waals surface area contributed by atoms with Crippen molar-refractivity contribution in [2.24, 2.45) is 0 Å². The fraction of sp³-hybridized carbons (Fsp3) is 0. The zero-order valence-corrected chi connectivity index (χ0v) is 10.5. The number of hydrogen-bond donors (Lipinski definition) is 0. The van der Waals surface area contributed by atoms with Crippen LogP contribution in [0, 0.1) is 0 Å². The first kappa shape index (κ1) is 30.5. The predicted octanol–water partition coefficient (Wildman–Crippen LogP) is -4.88. The summed E-state index contributed by atoms with van der Waals surface area (Å²) in [6.45, 7) is 0. The molecule has 0 heterocycles. The van der Waals surface area contributed by atoms with Gasteiger partial charge in [0.05, 0.1) is 0 Å². The Morgan fingerprint density at radius 2 is 0.625 bits per heavy atom. The molecule has 0 radical (unpaired) electrons. The standard InChI is InChI=1S/Ca.3ClO.Na/c;3*1-2;/q+2;3*-1;+1. The Kier molecular flexibility index (Phi) is 342. The molecular weight excluding hydrogens is 217 g/mol. The van der Waals surface area contributed by atoms with Crippen molar-refractivity contribution in [3.05, 3.63) is 0 Å². The van der Waals surface area contributed by atoms with Crippen molar-refractivity contribution in [1.82, 2.24) is 0 Å². The molecule has 0 amide bonds. The van der Waals surface area contributed by atoms with Crippen molar-refractivity contribution < 1.29 is 43.5 Å². The van der Waals surface area contributed by atoms with E-state index in [0.717, 1.165) is 0 Å². The van der Waals surface area contributed by atoms with Crippen LogP contribution in [0.4, 0.5) is 0 Å². The van der Waals surface area contributed by atoms with E-state index in [9.17, 15) is 0 Å². The van der Waals surface area contributed by atoms with Crippen LogP contribution in [-0.4, -0.2) is 37.7 Å². The summed E-state index contributed by atoms with van der Waals surface area (Å²) in [4.78, 5) is 0. The molecule has 0 aromatic carbocycles. The molecule has 0 aromatic rings. The third kappa shape index (κ3) is 63.8. The van der Waals surface area contributed by atoms with Crippen molar-refractivity contribution in [3.63, 3.8) is 0 Å². The molecule has 42 valence electrons. The molecule has 0 unspecified atom stereocenters. The monoisotopic (exact) mass is 216 g/mol. The van der Waals surface area contributed by atoms with Crippen LogP contribution in [0.15, 0.2) is 0 Å². The minimum atomic E-state index is 0. The van der Waals surface area contributed by atoms with Gasteiger partial charge < -0.3 is 14.0 Å². The van der Waals surface area contributed by atoms with Gasteiger partial charge >= 0.3 is 67.3 Å². The van der Waals surface area contributed by atoms with E-state index in [1.54, 1.807) is 0 Å². The molecule has 0 rings (SSSR count). The molecule has 0 atom stereocenters. The second-order valence-electron chi connectivity index (χ2n) is 0. The van der Waals surface area contributed by atoms with E-state index in [2.05, 4.69) is 35.6 Å². The summed E-state index contributed by atoms with van der Waals surface area (Å²) in [6, 6.07) is 0. The summed E-state index contributed by atoms with van der Waals surface area (Å²) in [5, 5.41) is 0. The number of hydrogen-bond acceptors (Lipinski definition) is 3. The Bertz CT molecular complexity index is 14.5. The second-order valence-corrected chi connectivity index (χ2v) is 0. The van der Waals surface area contributed by atoms with Gasteiger partial charge in [-0.05, 0) is 0 Å². The molecule has 0 N–H and O–H groups in total. The summed E-state index contributed by atoms with van der Waals surface area (Å²) in [5.74, 6) is 0. The van der Waals surface area contributed by atoms with Gasteiger partial charge in [0, 0.05) is 0 Å². The minimum absolute atomic E-state index is 0. The van der Waals surface area contributed by atoms with E-state index in [1.165, 1.54) is 0 Å². The van der Waals surface area contributed by atoms with Crippen LogP contribution in [0.5, 0.6) is 0 Å². The molecule has 0 aliphatic carbocycles. The maximum Gasteiger partial charge on any atom is 2.00 e. The zero-order chi connectivity index (χ0) is 6.00. The van der Waals surface area contributed by atoms with Gasteiger partial charge in [0.2, 0.25) is 0 Å². The van der Waals surface area contributed by atoms with Crippen LogP contribution in [0.1, 0.15) is 0 Å². The Labute approximate surface area is 115 Å². The SMILES string of the molecule is [Ca+2].[Na+].[O-]Cl.[O-]Cl.[O-]Cl. The minimum Gasteiger partial charge on any atom is -0.769 e. The molecule has 0 bridgehead atoms. The van der Waals surface area contributed by atoms with E-state index in [0.29, 0.717) is 0 Å². The van der Waals surface area contributed by atoms with Crippen LogP contribution >= 0.6 is 35.6 Å². The van der Waals surface area contributed by atoms with Crippen LogP contribution in [0.2, 0.25) is 0 Å². The third-order valence-electron chi connectivity index (χ3n) is 0. The van der Waals surface area contributed by atoms with Crippen LogP contribution in [0.3, 0.4) is 0 Å². The third-order valence-corrected chi connectivity index (χ3v) is 0. The van der Waals surface area contributed by atoms with E-state index < -0.39 is 0 Å². The average molecular weight is 217 g/mol. The van der Waals surface area contributed by atoms with Gasteiger partial charge in [0.15, 0.2) is 0 Å². The van der Waals surface area contributed by atoms with Gasteiger partial charge in [-0.2, -0.15) is 0 Å². The molecular formula is CaCl3NaO3. The largest absolute Gasteiger partial charge is 2.00 e. The van der Waals surface area contributed by atoms with E-state index in [-0.39, 0.29) is 67.3 Å². The van der Waals surface area contributed by atoms with Crippen LogP contribution in [-0.2, 0) is 0 Å². The molecule has 3 nitrogen and oxygen atoms in total. The van der Waals surface area contributed by atoms with E-state index >= 15 is 0 Å². The topological polar surface area (TPSA) is 69.2 Å². The van der Waals surface area contributed by atoms with Crippen molar-refractivity contribution >= 4 is 73.3 Å². The molecule has 0 saturated carbocycles. The average Bonchev–Trinajstić information content (AvgIpc) is 1.81. The van der Waals surface area contributed by atoms with Crippen LogP contribution in [0.25, 0.3) is 0 Å². The van der Waals surface area contributed by atoms with Gasteiger partial charge in [-0.3, -0.25) is 0 Å². The molecule has 0 aromatic heterocycles. The Morgan fingerprint density at radius 3 is 0.625 bits per heavy atom. The normalized spacial score (nSPS) is 2.25. The quantitative estimate of drug-likeness (QED) is 0.382. The van der Waals surface area contributed by atoms with Gasteiger partial charge in [0.25, 0.3) is 0 Å². The van der Waals surface area contributed by atoms with Gasteiger partial charge in [0.1, 0.15) is 0 Å². The second kappa shape index (κ2) is 89.7. The Balaban J connectivity index is -0.00000000500. The van der Waals surface area contributed by atoms with Crippen molar-refractivity contribution in [2.45, 2.75) is 0 Å². The fourth-order valence-electron chi connectivity index (χ4n) is 0. The van der Waals surface area contributed by atoms with Gasteiger partial charge in [-0.25, -0.2) is 35.6 Å². The van der Waals surface area contributed by atoms with Crippen LogP contribution < -0.4 is 43.5 Å². The molecule has 8 heavy (non-hydrogen) atoms. The summed E-state index contributed by atoms with van der Waals surface area (Å²) < 4.78 is 23.2. The molecule has 0 fully saturated rings. The Hall–Kier alpha value is 3.01. The molecule has 0 spiro atoms. The molecule has 0 aliphatic heterocycles. The van der Waals surface area contributed by atoms with Crippen molar-refractivity contribution in [3.8, 4) is 0 Å². The summed E-state index contributed by atoms with van der Waals surface area (Å²) in [7, 11) is 0. The fourth-order valence-corrected chi connectivity index (χ4v) is 0. The summed E-state index contributed by atoms with van der Waals surface area (Å²) >= 11 is 10.2. The number of rotatable bonds is 0. The first-order chi connectivity index (χ1) is 3.00. The molecule has 0 saturated heterocycles. The maximum absolute atomic E-state index is 7.72. The number of halogens is 3. The maximum atomic E-state index is 7.72. The van der Waals surface area contributed by atoms with Crippen molar-refractivity contribution in [2.75, 3.05) is 0 Å². The smallest absolute Gasteiger partial charge is 0.769 e. The van der Waals surface area contributed by atoms with Gasteiger partial charge in [-0.1, -0.05) is 0 Å². The van der Waals surface area contributed by atoms with Gasteiger partial charge in [-0.15, -0.1) is 0 Å². The summed E-state index contributed by atoms with van der Waals surface area (Å²) in [6.07, 6.45) is 0. The first-order valence-electron chi connectivity index (χ1n) is 0.463. The molecule has 8 heteroatoms. The van der Waals surface area contributed by atoms with E-state index in [4.69, 9.17) is 14.0 Å². The predicted molar refractivity (Wildman–Crippen MR) is 23.3 cm³/mol. The van der Waals surface area contributed by atoms with E-state index in [1.807, 2.05) is 0 Å². The van der Waals surface area contributed by atoms with Crippen molar-refractivity contribution in [1.29, 1.82) is 0 Å². The summed E-state index contributed by atoms with van der Waals surface area (Å²) in [5.41, 5.74) is 0. The Morgan fingerprint density at radius 1 is 0.625 bits per heavy atom. The first-order valence-corrected chi connectivity index (χ1v) is 1.39. The zero-order valence-electron chi connectivity index (χ0n) is 4.07. The molecule has 0 aliphatic rings.